The zero-order valence-corrected chi connectivity index (χ0v) is 13.0. The molecular formula is C18H33N. The highest BCUT2D eigenvalue weighted by molar-refractivity contribution is 4.93. The van der Waals surface area contributed by atoms with E-state index in [9.17, 15) is 0 Å². The van der Waals surface area contributed by atoms with Crippen LogP contribution in [0.3, 0.4) is 0 Å². The van der Waals surface area contributed by atoms with Gasteiger partial charge in [-0.05, 0) is 81.1 Å². The third kappa shape index (κ3) is 4.21. The first kappa shape index (κ1) is 13.9. The van der Waals surface area contributed by atoms with Crippen molar-refractivity contribution in [3.63, 3.8) is 0 Å². The van der Waals surface area contributed by atoms with Gasteiger partial charge in [0.25, 0.3) is 0 Å². The minimum Gasteiger partial charge on any atom is -0.314 e. The Morgan fingerprint density at radius 2 is 1.63 bits per heavy atom. The minimum absolute atomic E-state index is 0.845. The maximum Gasteiger partial charge on any atom is 0.00698 e. The second-order valence-electron chi connectivity index (χ2n) is 8.11. The number of rotatable bonds is 7. The Labute approximate surface area is 119 Å². The second kappa shape index (κ2) is 6.16. The third-order valence-electron chi connectivity index (χ3n) is 5.68. The van der Waals surface area contributed by atoms with Crippen LogP contribution in [-0.2, 0) is 0 Å². The first-order valence-corrected chi connectivity index (χ1v) is 8.95. The summed E-state index contributed by atoms with van der Waals surface area (Å²) in [6, 6.07) is 0.845. The van der Waals surface area contributed by atoms with Crippen molar-refractivity contribution in [2.75, 3.05) is 6.54 Å². The Kier molecular flexibility index (Phi) is 4.51. The van der Waals surface area contributed by atoms with Crippen molar-refractivity contribution < 1.29 is 0 Å². The molecule has 0 spiro atoms. The number of hydrogen-bond donors (Lipinski definition) is 1. The zero-order chi connectivity index (χ0) is 13.2. The average Bonchev–Trinajstić information content (AvgIpc) is 3.24. The van der Waals surface area contributed by atoms with Crippen LogP contribution >= 0.6 is 0 Å². The summed E-state index contributed by atoms with van der Waals surface area (Å²) < 4.78 is 0. The summed E-state index contributed by atoms with van der Waals surface area (Å²) in [4.78, 5) is 0. The summed E-state index contributed by atoms with van der Waals surface area (Å²) in [5.74, 6) is 5.15. The molecule has 1 nitrogen and oxygen atoms in total. The lowest BCUT2D eigenvalue weighted by Gasteiger charge is -2.32. The molecule has 0 amide bonds. The topological polar surface area (TPSA) is 12.0 Å². The third-order valence-corrected chi connectivity index (χ3v) is 5.68. The molecular weight excluding hydrogens is 230 g/mol. The Morgan fingerprint density at radius 3 is 2.21 bits per heavy atom. The predicted octanol–water partition coefficient (Wildman–Crippen LogP) is 4.62. The van der Waals surface area contributed by atoms with E-state index in [-0.39, 0.29) is 0 Å². The normalized spacial score (nSPS) is 32.2. The van der Waals surface area contributed by atoms with Crippen LogP contribution in [0, 0.1) is 29.6 Å². The zero-order valence-electron chi connectivity index (χ0n) is 13.0. The van der Waals surface area contributed by atoms with Crippen LogP contribution in [-0.4, -0.2) is 12.6 Å². The molecule has 19 heavy (non-hydrogen) atoms. The molecule has 0 saturated heterocycles. The van der Waals surface area contributed by atoms with Gasteiger partial charge in [0.15, 0.2) is 0 Å². The van der Waals surface area contributed by atoms with Crippen LogP contribution in [0.15, 0.2) is 0 Å². The minimum atomic E-state index is 0.845. The van der Waals surface area contributed by atoms with Gasteiger partial charge in [0, 0.05) is 6.04 Å². The van der Waals surface area contributed by atoms with E-state index in [1.54, 1.807) is 0 Å². The van der Waals surface area contributed by atoms with Gasteiger partial charge >= 0.3 is 0 Å². The lowest BCUT2D eigenvalue weighted by atomic mass is 9.81. The van der Waals surface area contributed by atoms with Gasteiger partial charge < -0.3 is 5.32 Å². The molecule has 1 N–H and O–H groups in total. The molecule has 3 aliphatic rings. The molecule has 0 aromatic carbocycles. The quantitative estimate of drug-likeness (QED) is 0.707. The molecule has 1 heteroatoms. The highest BCUT2D eigenvalue weighted by atomic mass is 14.9. The van der Waals surface area contributed by atoms with E-state index in [1.807, 2.05) is 0 Å². The van der Waals surface area contributed by atoms with Gasteiger partial charge in [-0.3, -0.25) is 0 Å². The van der Waals surface area contributed by atoms with Crippen LogP contribution in [0.1, 0.15) is 71.6 Å². The first-order valence-electron chi connectivity index (χ1n) is 8.95. The standard InChI is InChI=1S/C18H33N/c1-13(2)10-14-4-3-5-17(11-14)19-12-18(15-6-7-15)16-8-9-16/h13-19H,3-12H2,1-2H3. The van der Waals surface area contributed by atoms with Crippen molar-refractivity contribution in [1.82, 2.24) is 5.32 Å². The van der Waals surface area contributed by atoms with Crippen molar-refractivity contribution in [2.45, 2.75) is 77.7 Å². The van der Waals surface area contributed by atoms with E-state index in [4.69, 9.17) is 0 Å². The summed E-state index contributed by atoms with van der Waals surface area (Å²) in [5, 5.41) is 3.97. The van der Waals surface area contributed by atoms with E-state index >= 15 is 0 Å². The van der Waals surface area contributed by atoms with E-state index in [0.29, 0.717) is 0 Å². The summed E-state index contributed by atoms with van der Waals surface area (Å²) in [5.41, 5.74) is 0. The molecule has 2 atom stereocenters. The maximum atomic E-state index is 3.97. The van der Waals surface area contributed by atoms with Gasteiger partial charge in [-0.1, -0.05) is 26.7 Å². The highest BCUT2D eigenvalue weighted by Gasteiger charge is 2.41. The van der Waals surface area contributed by atoms with Crippen molar-refractivity contribution in [2.24, 2.45) is 29.6 Å². The highest BCUT2D eigenvalue weighted by Crippen LogP contribution is 2.49. The summed E-state index contributed by atoms with van der Waals surface area (Å²) in [6.07, 6.45) is 13.4. The number of hydrogen-bond acceptors (Lipinski definition) is 1. The fraction of sp³-hybridized carbons (Fsp3) is 1.00. The summed E-state index contributed by atoms with van der Waals surface area (Å²) in [7, 11) is 0. The maximum absolute atomic E-state index is 3.97. The van der Waals surface area contributed by atoms with Crippen LogP contribution in [0.5, 0.6) is 0 Å². The van der Waals surface area contributed by atoms with Gasteiger partial charge in [0.1, 0.15) is 0 Å². The lowest BCUT2D eigenvalue weighted by Crippen LogP contribution is -2.38. The molecule has 0 aromatic rings. The Hall–Kier alpha value is -0.0400. The van der Waals surface area contributed by atoms with Crippen LogP contribution in [0.4, 0.5) is 0 Å². The van der Waals surface area contributed by atoms with E-state index in [1.165, 1.54) is 64.3 Å². The molecule has 110 valence electrons. The second-order valence-corrected chi connectivity index (χ2v) is 8.11. The van der Waals surface area contributed by atoms with Gasteiger partial charge in [-0.25, -0.2) is 0 Å². The summed E-state index contributed by atoms with van der Waals surface area (Å²) >= 11 is 0. The Balaban J connectivity index is 1.41. The Bertz CT molecular complexity index is 265. The first-order chi connectivity index (χ1) is 9.22. The van der Waals surface area contributed by atoms with Gasteiger partial charge in [0.2, 0.25) is 0 Å². The predicted molar refractivity (Wildman–Crippen MR) is 82.1 cm³/mol. The van der Waals surface area contributed by atoms with Crippen molar-refractivity contribution in [1.29, 1.82) is 0 Å². The van der Waals surface area contributed by atoms with Gasteiger partial charge in [-0.2, -0.15) is 0 Å². The van der Waals surface area contributed by atoms with Gasteiger partial charge in [0.05, 0.1) is 0 Å². The molecule has 0 aromatic heterocycles. The lowest BCUT2D eigenvalue weighted by molar-refractivity contribution is 0.238. The molecule has 2 unspecified atom stereocenters. The van der Waals surface area contributed by atoms with Crippen molar-refractivity contribution in [3.8, 4) is 0 Å². The van der Waals surface area contributed by atoms with Crippen LogP contribution < -0.4 is 5.32 Å². The largest absolute Gasteiger partial charge is 0.314 e. The SMILES string of the molecule is CC(C)CC1CCCC(NCC(C2CC2)C2CC2)C1. The fourth-order valence-corrected chi connectivity index (χ4v) is 4.43. The number of nitrogens with one attached hydrogen (secondary N) is 1. The van der Waals surface area contributed by atoms with E-state index < -0.39 is 0 Å². The molecule has 3 aliphatic carbocycles. The fourth-order valence-electron chi connectivity index (χ4n) is 4.43. The summed E-state index contributed by atoms with van der Waals surface area (Å²) in [6.45, 7) is 6.11. The van der Waals surface area contributed by atoms with Gasteiger partial charge in [-0.15, -0.1) is 0 Å². The smallest absolute Gasteiger partial charge is 0.00698 e. The molecule has 0 heterocycles. The average molecular weight is 263 g/mol. The van der Waals surface area contributed by atoms with Crippen LogP contribution in [0.2, 0.25) is 0 Å². The Morgan fingerprint density at radius 1 is 0.947 bits per heavy atom. The van der Waals surface area contributed by atoms with Crippen molar-refractivity contribution >= 4 is 0 Å². The molecule has 3 fully saturated rings. The van der Waals surface area contributed by atoms with Crippen molar-refractivity contribution in [3.05, 3.63) is 0 Å². The monoisotopic (exact) mass is 263 g/mol. The van der Waals surface area contributed by atoms with Crippen LogP contribution in [0.25, 0.3) is 0 Å². The van der Waals surface area contributed by atoms with E-state index in [0.717, 1.165) is 35.6 Å². The molecule has 0 aliphatic heterocycles. The molecule has 3 rings (SSSR count). The molecule has 0 radical (unpaired) electrons. The van der Waals surface area contributed by atoms with E-state index in [2.05, 4.69) is 19.2 Å². The molecule has 0 bridgehead atoms. The molecule has 3 saturated carbocycles.